The highest BCUT2D eigenvalue weighted by Crippen LogP contribution is 2.10. The van der Waals surface area contributed by atoms with E-state index in [9.17, 15) is 13.2 Å². The fraction of sp³-hybridized carbons (Fsp3) is 0.462. The normalized spacial score (nSPS) is 19.6. The molecule has 1 aromatic carbocycles. The van der Waals surface area contributed by atoms with Crippen LogP contribution in [0, 0.1) is 0 Å². The van der Waals surface area contributed by atoms with Crippen LogP contribution in [0.5, 0.6) is 0 Å². The number of nitrogens with one attached hydrogen (secondary N) is 2. The highest BCUT2D eigenvalue weighted by Gasteiger charge is 2.26. The lowest BCUT2D eigenvalue weighted by Gasteiger charge is -2.22. The molecule has 1 saturated heterocycles. The molecule has 6 nitrogen and oxygen atoms in total. The summed E-state index contributed by atoms with van der Waals surface area (Å²) in [6.07, 6.45) is 1.32. The van der Waals surface area contributed by atoms with Crippen molar-refractivity contribution in [1.29, 1.82) is 0 Å². The standard InChI is InChI=1S/C13H19N3O3S/c14-8-10-3-5-11(6-4-10)9-20(18,19)16-12-2-1-7-15-13(12)17/h3-6,12,16H,1-2,7-9,14H2,(H,15,17). The van der Waals surface area contributed by atoms with Crippen LogP contribution in [-0.2, 0) is 27.1 Å². The minimum absolute atomic E-state index is 0.137. The molecule has 0 aromatic heterocycles. The summed E-state index contributed by atoms with van der Waals surface area (Å²) in [5.41, 5.74) is 7.11. The number of carbonyl (C=O) groups is 1. The minimum Gasteiger partial charge on any atom is -0.355 e. The molecule has 2 rings (SSSR count). The first kappa shape index (κ1) is 15.0. The van der Waals surface area contributed by atoms with E-state index in [1.54, 1.807) is 24.3 Å². The van der Waals surface area contributed by atoms with Crippen LogP contribution >= 0.6 is 0 Å². The molecule has 1 aliphatic heterocycles. The van der Waals surface area contributed by atoms with Gasteiger partial charge in [-0.3, -0.25) is 4.79 Å². The zero-order valence-corrected chi connectivity index (χ0v) is 11.9. The summed E-state index contributed by atoms with van der Waals surface area (Å²) in [5, 5.41) is 2.65. The topological polar surface area (TPSA) is 101 Å². The fourth-order valence-corrected chi connectivity index (χ4v) is 3.51. The molecule has 1 amide bonds. The molecule has 1 unspecified atom stereocenters. The van der Waals surface area contributed by atoms with Gasteiger partial charge in [-0.25, -0.2) is 13.1 Å². The van der Waals surface area contributed by atoms with E-state index in [4.69, 9.17) is 5.73 Å². The number of hydrogen-bond acceptors (Lipinski definition) is 4. The average molecular weight is 297 g/mol. The summed E-state index contributed by atoms with van der Waals surface area (Å²) in [6, 6.07) is 6.43. The van der Waals surface area contributed by atoms with Gasteiger partial charge in [0, 0.05) is 13.1 Å². The van der Waals surface area contributed by atoms with Crippen molar-refractivity contribution >= 4 is 15.9 Å². The van der Waals surface area contributed by atoms with Gasteiger partial charge in [0.1, 0.15) is 6.04 Å². The second kappa shape index (κ2) is 6.34. The zero-order valence-electron chi connectivity index (χ0n) is 11.1. The molecule has 110 valence electrons. The van der Waals surface area contributed by atoms with Crippen LogP contribution in [0.15, 0.2) is 24.3 Å². The molecular formula is C13H19N3O3S. The van der Waals surface area contributed by atoms with Gasteiger partial charge >= 0.3 is 0 Å². The monoisotopic (exact) mass is 297 g/mol. The molecular weight excluding hydrogens is 278 g/mol. The Hall–Kier alpha value is -1.44. The maximum absolute atomic E-state index is 12.1. The van der Waals surface area contributed by atoms with E-state index in [1.165, 1.54) is 0 Å². The highest BCUT2D eigenvalue weighted by molar-refractivity contribution is 7.88. The maximum Gasteiger partial charge on any atom is 0.238 e. The lowest BCUT2D eigenvalue weighted by Crippen LogP contribution is -2.50. The molecule has 20 heavy (non-hydrogen) atoms. The number of carbonyl (C=O) groups excluding carboxylic acids is 1. The number of hydrogen-bond donors (Lipinski definition) is 3. The van der Waals surface area contributed by atoms with Crippen LogP contribution in [0.2, 0.25) is 0 Å². The number of amides is 1. The summed E-state index contributed by atoms with van der Waals surface area (Å²) in [7, 11) is -3.53. The summed E-state index contributed by atoms with van der Waals surface area (Å²) in [6.45, 7) is 1.03. The zero-order chi connectivity index (χ0) is 14.6. The molecule has 0 bridgehead atoms. The fourth-order valence-electron chi connectivity index (χ4n) is 2.13. The van der Waals surface area contributed by atoms with Gasteiger partial charge < -0.3 is 11.1 Å². The molecule has 0 saturated carbocycles. The van der Waals surface area contributed by atoms with Crippen LogP contribution in [0.3, 0.4) is 0 Å². The van der Waals surface area contributed by atoms with Crippen molar-refractivity contribution in [3.8, 4) is 0 Å². The molecule has 0 spiro atoms. The Kier molecular flexibility index (Phi) is 4.74. The minimum atomic E-state index is -3.53. The smallest absolute Gasteiger partial charge is 0.238 e. The molecule has 1 aliphatic rings. The van der Waals surface area contributed by atoms with Crippen LogP contribution in [-0.4, -0.2) is 26.9 Å². The van der Waals surface area contributed by atoms with E-state index in [2.05, 4.69) is 10.0 Å². The number of sulfonamides is 1. The first-order chi connectivity index (χ1) is 9.50. The first-order valence-corrected chi connectivity index (χ1v) is 8.21. The Morgan fingerprint density at radius 1 is 1.25 bits per heavy atom. The summed E-state index contributed by atoms with van der Waals surface area (Å²) < 4.78 is 26.6. The van der Waals surface area contributed by atoms with Gasteiger partial charge in [0.05, 0.1) is 5.75 Å². The van der Waals surface area contributed by atoms with E-state index in [0.717, 1.165) is 12.0 Å². The van der Waals surface area contributed by atoms with Crippen molar-refractivity contribution in [2.75, 3.05) is 6.54 Å². The van der Waals surface area contributed by atoms with Crippen molar-refractivity contribution in [1.82, 2.24) is 10.0 Å². The van der Waals surface area contributed by atoms with Gasteiger partial charge in [0.25, 0.3) is 0 Å². The molecule has 0 radical (unpaired) electrons. The first-order valence-electron chi connectivity index (χ1n) is 6.56. The van der Waals surface area contributed by atoms with Crippen LogP contribution in [0.25, 0.3) is 0 Å². The summed E-state index contributed by atoms with van der Waals surface area (Å²) in [5.74, 6) is -0.389. The lowest BCUT2D eigenvalue weighted by atomic mass is 10.1. The second-order valence-corrected chi connectivity index (χ2v) is 6.64. The highest BCUT2D eigenvalue weighted by atomic mass is 32.2. The van der Waals surface area contributed by atoms with Gasteiger partial charge in [-0.2, -0.15) is 0 Å². The van der Waals surface area contributed by atoms with Crippen molar-refractivity contribution in [3.63, 3.8) is 0 Å². The third-order valence-corrected chi connectivity index (χ3v) is 4.58. The van der Waals surface area contributed by atoms with Gasteiger partial charge in [-0.15, -0.1) is 0 Å². The molecule has 4 N–H and O–H groups in total. The Morgan fingerprint density at radius 2 is 1.90 bits per heavy atom. The summed E-state index contributed by atoms with van der Waals surface area (Å²) >= 11 is 0. The van der Waals surface area contributed by atoms with Gasteiger partial charge in [0.2, 0.25) is 15.9 Å². The van der Waals surface area contributed by atoms with Gasteiger partial charge in [-0.1, -0.05) is 24.3 Å². The Morgan fingerprint density at radius 3 is 2.50 bits per heavy atom. The SMILES string of the molecule is NCc1ccc(CS(=O)(=O)NC2CCCNC2=O)cc1. The van der Waals surface area contributed by atoms with Gasteiger partial charge in [0.15, 0.2) is 0 Å². The molecule has 1 fully saturated rings. The van der Waals surface area contributed by atoms with E-state index in [1.807, 2.05) is 0 Å². The molecule has 1 aromatic rings. The predicted molar refractivity (Wildman–Crippen MR) is 76.1 cm³/mol. The van der Waals surface area contributed by atoms with E-state index in [0.29, 0.717) is 25.1 Å². The summed E-state index contributed by atoms with van der Waals surface area (Å²) in [4.78, 5) is 11.6. The van der Waals surface area contributed by atoms with Crippen LogP contribution in [0.1, 0.15) is 24.0 Å². The number of piperidine rings is 1. The van der Waals surface area contributed by atoms with Crippen LogP contribution < -0.4 is 15.8 Å². The number of rotatable bonds is 5. The maximum atomic E-state index is 12.1. The van der Waals surface area contributed by atoms with E-state index < -0.39 is 16.1 Å². The number of nitrogens with two attached hydrogens (primary N) is 1. The largest absolute Gasteiger partial charge is 0.355 e. The van der Waals surface area contributed by atoms with E-state index >= 15 is 0 Å². The second-order valence-electron chi connectivity index (χ2n) is 4.88. The molecule has 1 atom stereocenters. The molecule has 1 heterocycles. The third-order valence-electron chi connectivity index (χ3n) is 3.22. The van der Waals surface area contributed by atoms with Crippen molar-refractivity contribution in [2.24, 2.45) is 5.73 Å². The Bertz CT molecular complexity index is 569. The van der Waals surface area contributed by atoms with Crippen LogP contribution in [0.4, 0.5) is 0 Å². The third kappa shape index (κ3) is 4.03. The van der Waals surface area contributed by atoms with E-state index in [-0.39, 0.29) is 11.7 Å². The molecule has 0 aliphatic carbocycles. The van der Waals surface area contributed by atoms with Gasteiger partial charge in [-0.05, 0) is 24.0 Å². The lowest BCUT2D eigenvalue weighted by molar-refractivity contribution is -0.124. The Balaban J connectivity index is 2.00. The Labute approximate surface area is 118 Å². The number of benzene rings is 1. The predicted octanol–water partition coefficient (Wildman–Crippen LogP) is -0.157. The van der Waals surface area contributed by atoms with Crippen molar-refractivity contribution in [3.05, 3.63) is 35.4 Å². The van der Waals surface area contributed by atoms with Crippen molar-refractivity contribution in [2.45, 2.75) is 31.2 Å². The quantitative estimate of drug-likeness (QED) is 0.703. The average Bonchev–Trinajstić information content (AvgIpc) is 2.41. The molecule has 7 heteroatoms. The van der Waals surface area contributed by atoms with Crippen molar-refractivity contribution < 1.29 is 13.2 Å².